The molecule has 0 spiro atoms. The van der Waals surface area contributed by atoms with Crippen LogP contribution in [0.1, 0.15) is 72.1 Å². The van der Waals surface area contributed by atoms with Gasteiger partial charge in [-0.05, 0) is 87.0 Å². The summed E-state index contributed by atoms with van der Waals surface area (Å²) in [7, 11) is 1.49. The fourth-order valence-corrected chi connectivity index (χ4v) is 9.47. The third-order valence-electron chi connectivity index (χ3n) is 11.8. The van der Waals surface area contributed by atoms with E-state index in [1.807, 2.05) is 0 Å². The minimum absolute atomic E-state index is 0.0206. The highest BCUT2D eigenvalue weighted by molar-refractivity contribution is 5.86. The van der Waals surface area contributed by atoms with E-state index in [1.165, 1.54) is 7.11 Å². The topological polar surface area (TPSA) is 115 Å². The summed E-state index contributed by atoms with van der Waals surface area (Å²) in [5.41, 5.74) is 1.03. The maximum Gasteiger partial charge on any atom is 0.331 e. The molecule has 12 atom stereocenters. The van der Waals surface area contributed by atoms with Gasteiger partial charge in [-0.2, -0.15) is 0 Å². The molecule has 2 aliphatic heterocycles. The lowest BCUT2D eigenvalue weighted by atomic mass is 9.43. The second-order valence-corrected chi connectivity index (χ2v) is 13.3. The van der Waals surface area contributed by atoms with E-state index >= 15 is 0 Å². The summed E-state index contributed by atoms with van der Waals surface area (Å²) in [6.45, 7) is 6.72. The van der Waals surface area contributed by atoms with Crippen LogP contribution in [0, 0.1) is 28.6 Å². The van der Waals surface area contributed by atoms with E-state index in [0.29, 0.717) is 24.9 Å². The first-order valence-corrected chi connectivity index (χ1v) is 14.5. The minimum Gasteiger partial charge on any atom is -0.458 e. The molecule has 8 nitrogen and oxygen atoms in total. The molecule has 0 bridgehead atoms. The van der Waals surface area contributed by atoms with Crippen molar-refractivity contribution in [3.63, 3.8) is 0 Å². The van der Waals surface area contributed by atoms with E-state index in [-0.39, 0.29) is 28.8 Å². The fraction of sp³-hybridized carbons (Fsp3) is 0.833. The van der Waals surface area contributed by atoms with Crippen molar-refractivity contribution in [1.29, 1.82) is 0 Å². The molecule has 1 saturated heterocycles. The summed E-state index contributed by atoms with van der Waals surface area (Å²) in [5.74, 6) is 0.860. The zero-order chi connectivity index (χ0) is 27.0. The van der Waals surface area contributed by atoms with Crippen LogP contribution in [0.25, 0.3) is 0 Å². The Kier molecular flexibility index (Phi) is 6.64. The Balaban J connectivity index is 1.16. The van der Waals surface area contributed by atoms with Gasteiger partial charge in [0.25, 0.3) is 0 Å². The quantitative estimate of drug-likeness (QED) is 0.374. The Morgan fingerprint density at radius 1 is 1.05 bits per heavy atom. The zero-order valence-corrected chi connectivity index (χ0v) is 23.1. The smallest absolute Gasteiger partial charge is 0.331 e. The number of carbonyl (C=O) groups is 1. The van der Waals surface area contributed by atoms with Gasteiger partial charge in [0.05, 0.1) is 17.8 Å². The Labute approximate surface area is 225 Å². The number of hydrogen-bond acceptors (Lipinski definition) is 8. The number of rotatable bonds is 4. The molecule has 212 valence electrons. The molecule has 0 unspecified atom stereocenters. The van der Waals surface area contributed by atoms with Crippen LogP contribution >= 0.6 is 0 Å². The van der Waals surface area contributed by atoms with Crippen molar-refractivity contribution in [2.45, 2.75) is 115 Å². The Morgan fingerprint density at radius 2 is 1.84 bits per heavy atom. The van der Waals surface area contributed by atoms with Gasteiger partial charge in [-0.3, -0.25) is 0 Å². The Morgan fingerprint density at radius 3 is 2.55 bits per heavy atom. The second-order valence-electron chi connectivity index (χ2n) is 13.3. The summed E-state index contributed by atoms with van der Waals surface area (Å²) in [6, 6.07) is 0. The average Bonchev–Trinajstić information content (AvgIpc) is 3.43. The highest BCUT2D eigenvalue weighted by Crippen LogP contribution is 2.68. The molecule has 3 saturated carbocycles. The number of esters is 1. The third-order valence-corrected chi connectivity index (χ3v) is 11.8. The summed E-state index contributed by atoms with van der Waals surface area (Å²) in [4.78, 5) is 11.8. The molecule has 0 radical (unpaired) electrons. The number of aliphatic hydroxyl groups is 3. The van der Waals surface area contributed by atoms with Crippen LogP contribution in [0.2, 0.25) is 0 Å². The number of aliphatic hydroxyl groups excluding tert-OH is 2. The standard InChI is InChI=1S/C30H44O8/c1-16-24(32)26(35-4)25(33)27(37-16)38-19-7-10-28(2)18(14-19)5-6-22-21(28)8-11-29(3)20(9-12-30(22,29)34)17-13-23(31)36-15-17/h9,13,16,18-19,21-22,24-27,32-34H,5-8,10-12,14-15H2,1-4H3/t16-,18+,19-,21-,22+,24-,25+,26+,27-,28-,29+,30-/m0/s1. The summed E-state index contributed by atoms with van der Waals surface area (Å²) in [5, 5.41) is 33.4. The van der Waals surface area contributed by atoms with Crippen molar-refractivity contribution >= 4 is 5.97 Å². The predicted octanol–water partition coefficient (Wildman–Crippen LogP) is 3.03. The van der Waals surface area contributed by atoms with E-state index in [0.717, 1.165) is 56.1 Å². The maximum absolute atomic E-state index is 12.4. The van der Waals surface area contributed by atoms with Crippen LogP contribution < -0.4 is 0 Å². The first-order chi connectivity index (χ1) is 18.0. The average molecular weight is 533 g/mol. The van der Waals surface area contributed by atoms with Gasteiger partial charge in [0, 0.05) is 24.2 Å². The van der Waals surface area contributed by atoms with E-state index in [1.54, 1.807) is 13.0 Å². The van der Waals surface area contributed by atoms with Crippen LogP contribution in [0.3, 0.4) is 0 Å². The van der Waals surface area contributed by atoms with Gasteiger partial charge in [-0.15, -0.1) is 0 Å². The molecule has 2 heterocycles. The number of cyclic esters (lactones) is 1. The normalized spacial score (nSPS) is 52.4. The molecule has 38 heavy (non-hydrogen) atoms. The number of fused-ring (bicyclic) bond motifs is 5. The van der Waals surface area contributed by atoms with Crippen molar-refractivity contribution in [1.82, 2.24) is 0 Å². The predicted molar refractivity (Wildman–Crippen MR) is 138 cm³/mol. The SMILES string of the molecule is CO[C@@H]1[C@@H](O)[C@H](C)O[C@@H](O[C@H]2CC[C@@]3(C)[C@H](CC[C@@H]4[C@@H]3CC[C@]3(C)C(C5=CC(=O)OC5)=CC[C@]43O)C2)[C@@H]1O. The lowest BCUT2D eigenvalue weighted by Crippen LogP contribution is -2.62. The van der Waals surface area contributed by atoms with Crippen molar-refractivity contribution in [2.75, 3.05) is 13.7 Å². The lowest BCUT2D eigenvalue weighted by Gasteiger charge is -2.63. The van der Waals surface area contributed by atoms with Crippen LogP contribution in [0.4, 0.5) is 0 Å². The number of methoxy groups -OCH3 is 1. The highest BCUT2D eigenvalue weighted by Gasteiger charge is 2.66. The van der Waals surface area contributed by atoms with Gasteiger partial charge in [-0.25, -0.2) is 4.79 Å². The van der Waals surface area contributed by atoms with E-state index in [9.17, 15) is 20.1 Å². The molecule has 6 rings (SSSR count). The summed E-state index contributed by atoms with van der Waals surface area (Å²) in [6.07, 6.45) is 7.23. The molecular formula is C30H44O8. The molecule has 0 aromatic heterocycles. The number of hydrogen-bond donors (Lipinski definition) is 3. The fourth-order valence-electron chi connectivity index (χ4n) is 9.47. The van der Waals surface area contributed by atoms with Crippen molar-refractivity contribution in [3.8, 4) is 0 Å². The largest absolute Gasteiger partial charge is 0.458 e. The van der Waals surface area contributed by atoms with Crippen molar-refractivity contribution in [2.24, 2.45) is 28.6 Å². The molecular weight excluding hydrogens is 488 g/mol. The van der Waals surface area contributed by atoms with Gasteiger partial charge in [-0.1, -0.05) is 19.9 Å². The van der Waals surface area contributed by atoms with Crippen LogP contribution in [0.5, 0.6) is 0 Å². The third kappa shape index (κ3) is 3.81. The number of ether oxygens (including phenoxy) is 4. The maximum atomic E-state index is 12.4. The molecule has 0 aromatic carbocycles. The Hall–Kier alpha value is -1.29. The molecule has 4 fully saturated rings. The summed E-state index contributed by atoms with van der Waals surface area (Å²) < 4.78 is 22.8. The monoisotopic (exact) mass is 532 g/mol. The van der Waals surface area contributed by atoms with Gasteiger partial charge >= 0.3 is 5.97 Å². The van der Waals surface area contributed by atoms with Crippen LogP contribution in [-0.4, -0.2) is 77.4 Å². The van der Waals surface area contributed by atoms with Crippen LogP contribution in [-0.2, 0) is 23.7 Å². The first-order valence-electron chi connectivity index (χ1n) is 14.5. The van der Waals surface area contributed by atoms with Gasteiger partial charge in [0.1, 0.15) is 24.9 Å². The molecule has 0 aromatic rings. The second kappa shape index (κ2) is 9.38. The lowest BCUT2D eigenvalue weighted by molar-refractivity contribution is -0.313. The first kappa shape index (κ1) is 26.9. The van der Waals surface area contributed by atoms with Gasteiger partial charge < -0.3 is 34.3 Å². The van der Waals surface area contributed by atoms with E-state index < -0.39 is 36.3 Å². The zero-order valence-electron chi connectivity index (χ0n) is 23.1. The van der Waals surface area contributed by atoms with Gasteiger partial charge in [0.15, 0.2) is 6.29 Å². The van der Waals surface area contributed by atoms with E-state index in [2.05, 4.69) is 19.9 Å². The van der Waals surface area contributed by atoms with E-state index in [4.69, 9.17) is 18.9 Å². The molecule has 3 N–H and O–H groups in total. The molecule has 4 aliphatic carbocycles. The highest BCUT2D eigenvalue weighted by atomic mass is 16.7. The Bertz CT molecular complexity index is 1020. The van der Waals surface area contributed by atoms with Gasteiger partial charge in [0.2, 0.25) is 0 Å². The molecule has 8 heteroatoms. The summed E-state index contributed by atoms with van der Waals surface area (Å²) >= 11 is 0. The number of carbonyl (C=O) groups excluding carboxylic acids is 1. The minimum atomic E-state index is -1.04. The van der Waals surface area contributed by atoms with Crippen molar-refractivity contribution in [3.05, 3.63) is 23.3 Å². The molecule has 0 amide bonds. The molecule has 6 aliphatic rings. The van der Waals surface area contributed by atoms with Crippen LogP contribution in [0.15, 0.2) is 23.3 Å². The van der Waals surface area contributed by atoms with Crippen molar-refractivity contribution < 1.29 is 39.1 Å².